The molecule has 2 fully saturated rings. The molecule has 0 saturated carbocycles. The molecule has 2 saturated heterocycles. The van der Waals surface area contributed by atoms with Gasteiger partial charge in [-0.25, -0.2) is 4.79 Å². The largest absolute Gasteiger partial charge is 0.485 e. The molecule has 9 nitrogen and oxygen atoms in total. The molecule has 4 heterocycles. The van der Waals surface area contributed by atoms with Crippen LogP contribution in [-0.4, -0.2) is 70.5 Å². The fraction of sp³-hybridized carbons (Fsp3) is 0.481. The minimum Gasteiger partial charge on any atom is -0.485 e. The second-order valence-electron chi connectivity index (χ2n) is 9.64. The average Bonchev–Trinajstić information content (AvgIpc) is 3.16. The number of carbonyl (C=O) groups excluding carboxylic acids is 3. The van der Waals surface area contributed by atoms with E-state index in [0.29, 0.717) is 56.8 Å². The highest BCUT2D eigenvalue weighted by molar-refractivity contribution is 6.07. The van der Waals surface area contributed by atoms with Crippen molar-refractivity contribution in [2.24, 2.45) is 5.92 Å². The van der Waals surface area contributed by atoms with Crippen LogP contribution in [0.5, 0.6) is 11.5 Å². The van der Waals surface area contributed by atoms with Gasteiger partial charge in [-0.05, 0) is 49.4 Å². The van der Waals surface area contributed by atoms with Crippen molar-refractivity contribution in [3.05, 3.63) is 54.4 Å². The first-order valence-corrected chi connectivity index (χ1v) is 12.7. The third kappa shape index (κ3) is 4.50. The molecular formula is C27H32N4O5. The van der Waals surface area contributed by atoms with Gasteiger partial charge in [-0.1, -0.05) is 31.5 Å². The Morgan fingerprint density at radius 1 is 1.11 bits per heavy atom. The Hall–Kier alpha value is -3.62. The minimum atomic E-state index is -0.922. The topological polar surface area (TPSA) is 101 Å². The summed E-state index contributed by atoms with van der Waals surface area (Å²) >= 11 is 0. The first kappa shape index (κ1) is 24.1. The number of rotatable bonds is 7. The monoisotopic (exact) mass is 492 g/mol. The number of urea groups is 1. The molecule has 3 aliphatic heterocycles. The second kappa shape index (κ2) is 10.2. The zero-order valence-electron chi connectivity index (χ0n) is 20.5. The Balaban J connectivity index is 1.22. The number of nitrogens with zero attached hydrogens (tertiary/aromatic N) is 3. The van der Waals surface area contributed by atoms with Crippen molar-refractivity contribution >= 4 is 17.8 Å². The van der Waals surface area contributed by atoms with Gasteiger partial charge in [-0.3, -0.25) is 19.5 Å². The Morgan fingerprint density at radius 3 is 2.58 bits per heavy atom. The lowest BCUT2D eigenvalue weighted by Crippen LogP contribution is -2.57. The number of fused-ring (bicyclic) bond motifs is 1. The summed E-state index contributed by atoms with van der Waals surface area (Å²) in [5.74, 6) is 0.915. The molecule has 4 amide bonds. The van der Waals surface area contributed by atoms with Crippen molar-refractivity contribution in [1.82, 2.24) is 20.1 Å². The molecule has 0 bridgehead atoms. The number of amides is 4. The van der Waals surface area contributed by atoms with Gasteiger partial charge >= 0.3 is 6.03 Å². The minimum absolute atomic E-state index is 0.0398. The Kier molecular flexibility index (Phi) is 6.80. The van der Waals surface area contributed by atoms with Gasteiger partial charge in [0.1, 0.15) is 12.1 Å². The third-order valence-corrected chi connectivity index (χ3v) is 7.45. The molecule has 36 heavy (non-hydrogen) atoms. The van der Waals surface area contributed by atoms with Crippen LogP contribution < -0.4 is 14.8 Å². The molecule has 3 aliphatic rings. The molecule has 5 rings (SSSR count). The number of ether oxygens (including phenoxy) is 2. The number of hydrogen-bond acceptors (Lipinski definition) is 6. The lowest BCUT2D eigenvalue weighted by Gasteiger charge is -2.41. The highest BCUT2D eigenvalue weighted by atomic mass is 16.6. The van der Waals surface area contributed by atoms with E-state index in [1.165, 1.54) is 4.90 Å². The van der Waals surface area contributed by atoms with Gasteiger partial charge in [-0.15, -0.1) is 0 Å². The smallest absolute Gasteiger partial charge is 0.325 e. The molecule has 190 valence electrons. The molecule has 0 aliphatic carbocycles. The lowest BCUT2D eigenvalue weighted by molar-refractivity contribution is -0.143. The molecule has 9 heteroatoms. The third-order valence-electron chi connectivity index (χ3n) is 7.45. The highest BCUT2D eigenvalue weighted by Gasteiger charge is 2.55. The number of imide groups is 1. The van der Waals surface area contributed by atoms with Crippen LogP contribution in [0.1, 0.15) is 38.3 Å². The number of benzene rings is 1. The first-order chi connectivity index (χ1) is 17.5. The normalized spacial score (nSPS) is 24.1. The molecule has 0 unspecified atom stereocenters. The number of para-hydroxylation sites is 2. The van der Waals surface area contributed by atoms with Crippen molar-refractivity contribution in [2.75, 3.05) is 26.2 Å². The predicted octanol–water partition coefficient (Wildman–Crippen LogP) is 2.79. The fourth-order valence-electron chi connectivity index (χ4n) is 5.60. The number of hydrogen-bond donors (Lipinski definition) is 1. The summed E-state index contributed by atoms with van der Waals surface area (Å²) in [5, 5.41) is 3.06. The Bertz CT molecular complexity index is 1120. The van der Waals surface area contributed by atoms with Crippen LogP contribution >= 0.6 is 0 Å². The summed E-state index contributed by atoms with van der Waals surface area (Å²) in [7, 11) is 0. The van der Waals surface area contributed by atoms with Crippen molar-refractivity contribution in [3.8, 4) is 11.5 Å². The summed E-state index contributed by atoms with van der Waals surface area (Å²) in [4.78, 5) is 47.1. The van der Waals surface area contributed by atoms with E-state index in [1.54, 1.807) is 17.2 Å². The van der Waals surface area contributed by atoms with Crippen LogP contribution in [0.15, 0.2) is 48.7 Å². The average molecular weight is 493 g/mol. The van der Waals surface area contributed by atoms with E-state index in [2.05, 4.69) is 10.3 Å². The van der Waals surface area contributed by atoms with E-state index < -0.39 is 11.6 Å². The summed E-state index contributed by atoms with van der Waals surface area (Å²) in [6.07, 6.45) is 4.16. The maximum atomic E-state index is 13.6. The van der Waals surface area contributed by atoms with Crippen LogP contribution in [-0.2, 0) is 16.0 Å². The molecular weight excluding hydrogens is 460 g/mol. The van der Waals surface area contributed by atoms with Crippen LogP contribution in [0.3, 0.4) is 0 Å². The van der Waals surface area contributed by atoms with Crippen LogP contribution in [0.2, 0.25) is 0 Å². The maximum absolute atomic E-state index is 13.6. The van der Waals surface area contributed by atoms with E-state index in [4.69, 9.17) is 9.47 Å². The molecule has 1 aromatic heterocycles. The van der Waals surface area contributed by atoms with Crippen LogP contribution in [0.4, 0.5) is 4.79 Å². The molecule has 1 N–H and O–H groups in total. The number of aromatic nitrogens is 1. The zero-order chi connectivity index (χ0) is 25.1. The van der Waals surface area contributed by atoms with E-state index in [9.17, 15) is 14.4 Å². The van der Waals surface area contributed by atoms with E-state index >= 15 is 0 Å². The van der Waals surface area contributed by atoms with Gasteiger partial charge < -0.3 is 19.7 Å². The summed E-state index contributed by atoms with van der Waals surface area (Å²) in [6, 6.07) is 12.6. The second-order valence-corrected chi connectivity index (χ2v) is 9.64. The number of carbonyl (C=O) groups is 3. The summed E-state index contributed by atoms with van der Waals surface area (Å²) in [6.45, 7) is 3.51. The fourth-order valence-corrected chi connectivity index (χ4v) is 5.60. The van der Waals surface area contributed by atoms with Gasteiger partial charge in [0.25, 0.3) is 11.8 Å². The van der Waals surface area contributed by atoms with Gasteiger partial charge in [0.15, 0.2) is 11.5 Å². The molecule has 2 atom stereocenters. The molecule has 2 aromatic rings. The quantitative estimate of drug-likeness (QED) is 0.597. The van der Waals surface area contributed by atoms with Crippen molar-refractivity contribution in [3.63, 3.8) is 0 Å². The summed E-state index contributed by atoms with van der Waals surface area (Å²) in [5.41, 5.74) is -0.0801. The Morgan fingerprint density at radius 2 is 1.86 bits per heavy atom. The van der Waals surface area contributed by atoms with E-state index in [-0.39, 0.29) is 30.4 Å². The van der Waals surface area contributed by atoms with Gasteiger partial charge in [0.2, 0.25) is 6.10 Å². The highest BCUT2D eigenvalue weighted by Crippen LogP contribution is 2.38. The van der Waals surface area contributed by atoms with Gasteiger partial charge in [0, 0.05) is 37.9 Å². The van der Waals surface area contributed by atoms with Crippen molar-refractivity contribution < 1.29 is 23.9 Å². The molecule has 1 aromatic carbocycles. The Labute approximate surface area is 210 Å². The number of piperidine rings is 1. The van der Waals surface area contributed by atoms with Gasteiger partial charge in [-0.2, -0.15) is 0 Å². The van der Waals surface area contributed by atoms with Crippen LogP contribution in [0.25, 0.3) is 0 Å². The number of pyridine rings is 1. The predicted molar refractivity (Wildman–Crippen MR) is 131 cm³/mol. The van der Waals surface area contributed by atoms with Crippen molar-refractivity contribution in [2.45, 2.75) is 50.7 Å². The number of likely N-dealkylation sites (tertiary alicyclic amines) is 1. The summed E-state index contributed by atoms with van der Waals surface area (Å²) < 4.78 is 11.6. The van der Waals surface area contributed by atoms with Crippen LogP contribution in [0, 0.1) is 5.92 Å². The van der Waals surface area contributed by atoms with Crippen molar-refractivity contribution in [1.29, 1.82) is 0 Å². The van der Waals surface area contributed by atoms with Gasteiger partial charge in [0.05, 0.1) is 0 Å². The molecule has 0 spiro atoms. The van der Waals surface area contributed by atoms with E-state index in [1.807, 2.05) is 43.3 Å². The molecule has 0 radical (unpaired) electrons. The zero-order valence-corrected chi connectivity index (χ0v) is 20.5. The standard InChI is InChI=1S/C27H32N4O5/c1-2-13-27(25(33)31(26(34)29-27)17-12-20-7-5-6-14-28-20)19-10-15-30(16-11-19)24(32)23-18-35-21-8-3-4-9-22(21)36-23/h3-9,14,19,23H,2,10-13,15-18H2,1H3,(H,29,34)/t23-,27-/m0/s1. The lowest BCUT2D eigenvalue weighted by atomic mass is 9.74. The first-order valence-electron chi connectivity index (χ1n) is 12.7. The SMILES string of the molecule is CCC[C@@]1(C2CCN(C(=O)[C@@H]3COc4ccccc4O3)CC2)NC(=O)N(CCc2ccccn2)C1=O. The maximum Gasteiger partial charge on any atom is 0.325 e. The number of nitrogens with one attached hydrogen (secondary N) is 1. The van der Waals surface area contributed by atoms with E-state index in [0.717, 1.165) is 12.1 Å².